The molecule has 0 aromatic rings. The molecule has 5 heteroatoms. The average Bonchev–Trinajstić information content (AvgIpc) is 1.53. The first kappa shape index (κ1) is 10.2. The highest BCUT2D eigenvalue weighted by molar-refractivity contribution is 7.80. The minimum Gasteiger partial charge on any atom is -0.376 e. The molecule has 0 radical (unpaired) electrons. The van der Waals surface area contributed by atoms with E-state index >= 15 is 0 Å². The summed E-state index contributed by atoms with van der Waals surface area (Å²) < 4.78 is 0. The average molecular weight is 175 g/mol. The third-order valence-corrected chi connectivity index (χ3v) is 1.18. The zero-order chi connectivity index (χ0) is 9.07. The van der Waals surface area contributed by atoms with Gasteiger partial charge in [0.15, 0.2) is 5.11 Å². The number of carbonyl (C=O) groups is 1. The Hall–Kier alpha value is -0.840. The van der Waals surface area contributed by atoms with Gasteiger partial charge in [0.1, 0.15) is 0 Å². The van der Waals surface area contributed by atoms with Crippen molar-refractivity contribution < 1.29 is 4.79 Å². The molecule has 0 bridgehead atoms. The van der Waals surface area contributed by atoms with Gasteiger partial charge < -0.3 is 16.8 Å². The van der Waals surface area contributed by atoms with Gasteiger partial charge in [0, 0.05) is 12.0 Å². The van der Waals surface area contributed by atoms with Crippen molar-refractivity contribution in [2.75, 3.05) is 0 Å². The van der Waals surface area contributed by atoms with Crippen LogP contribution in [0.3, 0.4) is 0 Å². The summed E-state index contributed by atoms with van der Waals surface area (Å²) in [6.45, 7) is 3.60. The molecule has 0 unspecified atom stereocenters. The van der Waals surface area contributed by atoms with Gasteiger partial charge in [-0.25, -0.2) is 0 Å². The van der Waals surface area contributed by atoms with Crippen molar-refractivity contribution in [3.05, 3.63) is 0 Å². The quantitative estimate of drug-likeness (QED) is 0.504. The number of nitrogens with two attached hydrogens (primary N) is 2. The second kappa shape index (κ2) is 3.52. The van der Waals surface area contributed by atoms with E-state index in [1.165, 1.54) is 0 Å². The van der Waals surface area contributed by atoms with E-state index in [2.05, 4.69) is 17.5 Å². The van der Waals surface area contributed by atoms with E-state index in [0.717, 1.165) is 0 Å². The Morgan fingerprint density at radius 2 is 2.00 bits per heavy atom. The summed E-state index contributed by atoms with van der Waals surface area (Å²) in [5.41, 5.74) is 9.77. The lowest BCUT2D eigenvalue weighted by Crippen LogP contribution is -2.48. The van der Waals surface area contributed by atoms with Crippen LogP contribution in [0.2, 0.25) is 0 Å². The number of hydrogen-bond acceptors (Lipinski definition) is 2. The summed E-state index contributed by atoms with van der Waals surface area (Å²) in [7, 11) is 0. The molecule has 0 aliphatic heterocycles. The summed E-state index contributed by atoms with van der Waals surface area (Å²) in [5.74, 6) is -0.376. The summed E-state index contributed by atoms with van der Waals surface area (Å²) in [6.07, 6.45) is 0.213. The second-order valence-corrected chi connectivity index (χ2v) is 3.46. The molecule has 0 rings (SSSR count). The summed E-state index contributed by atoms with van der Waals surface area (Å²) in [4.78, 5) is 10.5. The van der Waals surface area contributed by atoms with Gasteiger partial charge in [0.2, 0.25) is 5.91 Å². The topological polar surface area (TPSA) is 81.1 Å². The van der Waals surface area contributed by atoms with E-state index in [1.807, 2.05) is 0 Å². The maximum atomic E-state index is 10.5. The number of nitrogens with one attached hydrogen (secondary N) is 1. The number of thiocarbonyl (C=S) groups is 1. The number of rotatable bonds is 3. The molecule has 0 saturated heterocycles. The molecule has 0 spiro atoms. The van der Waals surface area contributed by atoms with Crippen LogP contribution in [0.25, 0.3) is 0 Å². The molecular weight excluding hydrogens is 162 g/mol. The van der Waals surface area contributed by atoms with Crippen LogP contribution in [0.1, 0.15) is 20.3 Å². The molecular formula is C6H13N3OS. The van der Waals surface area contributed by atoms with E-state index in [9.17, 15) is 4.79 Å². The van der Waals surface area contributed by atoms with Crippen LogP contribution in [0.15, 0.2) is 0 Å². The predicted molar refractivity (Wildman–Crippen MR) is 47.8 cm³/mol. The van der Waals surface area contributed by atoms with Crippen molar-refractivity contribution in [1.29, 1.82) is 0 Å². The molecule has 0 heterocycles. The van der Waals surface area contributed by atoms with E-state index in [1.54, 1.807) is 13.8 Å². The molecule has 0 fully saturated rings. The molecule has 0 aromatic heterocycles. The van der Waals surface area contributed by atoms with E-state index in [-0.39, 0.29) is 17.4 Å². The largest absolute Gasteiger partial charge is 0.376 e. The van der Waals surface area contributed by atoms with Gasteiger partial charge >= 0.3 is 0 Å². The van der Waals surface area contributed by atoms with Crippen LogP contribution in [0.5, 0.6) is 0 Å². The molecule has 0 saturated carbocycles. The molecule has 64 valence electrons. The third kappa shape index (κ3) is 5.60. The summed E-state index contributed by atoms with van der Waals surface area (Å²) in [5, 5.41) is 2.94. The monoisotopic (exact) mass is 175 g/mol. The lowest BCUT2D eigenvalue weighted by molar-refractivity contribution is -0.119. The predicted octanol–water partition coefficient (Wildman–Crippen LogP) is -0.526. The smallest absolute Gasteiger partial charge is 0.219 e. The van der Waals surface area contributed by atoms with Gasteiger partial charge in [-0.15, -0.1) is 0 Å². The molecule has 5 N–H and O–H groups in total. The summed E-state index contributed by atoms with van der Waals surface area (Å²) >= 11 is 4.61. The fourth-order valence-electron chi connectivity index (χ4n) is 0.813. The van der Waals surface area contributed by atoms with Gasteiger partial charge in [-0.2, -0.15) is 0 Å². The van der Waals surface area contributed by atoms with Crippen molar-refractivity contribution in [2.24, 2.45) is 11.5 Å². The number of amides is 1. The first-order valence-corrected chi connectivity index (χ1v) is 3.60. The van der Waals surface area contributed by atoms with Gasteiger partial charge in [0.05, 0.1) is 0 Å². The molecule has 0 aliphatic rings. The van der Waals surface area contributed by atoms with Crippen molar-refractivity contribution in [3.8, 4) is 0 Å². The highest BCUT2D eigenvalue weighted by Crippen LogP contribution is 2.06. The second-order valence-electron chi connectivity index (χ2n) is 3.02. The van der Waals surface area contributed by atoms with Crippen LogP contribution >= 0.6 is 12.2 Å². The molecule has 11 heavy (non-hydrogen) atoms. The van der Waals surface area contributed by atoms with Crippen LogP contribution < -0.4 is 16.8 Å². The van der Waals surface area contributed by atoms with Crippen LogP contribution in [-0.4, -0.2) is 16.6 Å². The zero-order valence-electron chi connectivity index (χ0n) is 6.68. The van der Waals surface area contributed by atoms with Crippen LogP contribution in [0.4, 0.5) is 0 Å². The first-order chi connectivity index (χ1) is 4.83. The molecule has 0 aliphatic carbocycles. The van der Waals surface area contributed by atoms with Crippen molar-refractivity contribution in [3.63, 3.8) is 0 Å². The molecule has 1 amide bonds. The first-order valence-electron chi connectivity index (χ1n) is 3.19. The number of carbonyl (C=O) groups excluding carboxylic acids is 1. The Kier molecular flexibility index (Phi) is 3.25. The minimum absolute atomic E-state index is 0.177. The minimum atomic E-state index is -0.447. The lowest BCUT2D eigenvalue weighted by Gasteiger charge is -2.24. The number of hydrogen-bond donors (Lipinski definition) is 3. The van der Waals surface area contributed by atoms with Gasteiger partial charge in [-0.05, 0) is 26.1 Å². The third-order valence-electron chi connectivity index (χ3n) is 1.08. The molecule has 0 atom stereocenters. The Morgan fingerprint density at radius 3 is 2.27 bits per heavy atom. The zero-order valence-corrected chi connectivity index (χ0v) is 7.49. The van der Waals surface area contributed by atoms with E-state index in [4.69, 9.17) is 11.5 Å². The van der Waals surface area contributed by atoms with E-state index in [0.29, 0.717) is 0 Å². The SMILES string of the molecule is CC(C)(CC(N)=O)NC(N)=S. The maximum Gasteiger partial charge on any atom is 0.219 e. The van der Waals surface area contributed by atoms with Crippen molar-refractivity contribution in [2.45, 2.75) is 25.8 Å². The van der Waals surface area contributed by atoms with Crippen LogP contribution in [0, 0.1) is 0 Å². The standard InChI is InChI=1S/C6H13N3OS/c1-6(2,3-4(7)10)9-5(8)11/h3H2,1-2H3,(H2,7,10)(H3,8,9,11). The van der Waals surface area contributed by atoms with Gasteiger partial charge in [-0.3, -0.25) is 4.79 Å². The fraction of sp³-hybridized carbons (Fsp3) is 0.667. The van der Waals surface area contributed by atoms with Gasteiger partial charge in [0.25, 0.3) is 0 Å². The summed E-state index contributed by atoms with van der Waals surface area (Å²) in [6, 6.07) is 0. The Labute approximate surface area is 71.3 Å². The normalized spacial score (nSPS) is 10.7. The Balaban J connectivity index is 3.99. The lowest BCUT2D eigenvalue weighted by atomic mass is 10.0. The van der Waals surface area contributed by atoms with E-state index < -0.39 is 5.54 Å². The number of primary amides is 1. The highest BCUT2D eigenvalue weighted by Gasteiger charge is 2.19. The van der Waals surface area contributed by atoms with Gasteiger partial charge in [-0.1, -0.05) is 0 Å². The van der Waals surface area contributed by atoms with Crippen LogP contribution in [-0.2, 0) is 4.79 Å². The molecule has 4 nitrogen and oxygen atoms in total. The fourth-order valence-corrected chi connectivity index (χ4v) is 1.09. The molecule has 0 aromatic carbocycles. The van der Waals surface area contributed by atoms with Crippen molar-refractivity contribution in [1.82, 2.24) is 5.32 Å². The Morgan fingerprint density at radius 1 is 1.55 bits per heavy atom. The van der Waals surface area contributed by atoms with Crippen molar-refractivity contribution >= 4 is 23.2 Å². The maximum absolute atomic E-state index is 10.5. The highest BCUT2D eigenvalue weighted by atomic mass is 32.1. The Bertz CT molecular complexity index is 161.